The topological polar surface area (TPSA) is 66.6 Å². The van der Waals surface area contributed by atoms with E-state index in [1.165, 1.54) is 12.8 Å². The fraction of sp³-hybridized carbons (Fsp3) is 0.929. The average molecular weight is 256 g/mol. The van der Waals surface area contributed by atoms with E-state index in [2.05, 4.69) is 6.92 Å². The number of rotatable bonds is 8. The molecule has 3 N–H and O–H groups in total. The van der Waals surface area contributed by atoms with Crippen LogP contribution >= 0.6 is 0 Å². The van der Waals surface area contributed by atoms with Gasteiger partial charge in [0.25, 0.3) is 0 Å². The molecule has 0 radical (unpaired) electrons. The number of hydrogen-bond acceptors (Lipinski definition) is 3. The van der Waals surface area contributed by atoms with Gasteiger partial charge in [-0.05, 0) is 19.3 Å². The van der Waals surface area contributed by atoms with Crippen molar-refractivity contribution in [1.29, 1.82) is 0 Å². The van der Waals surface area contributed by atoms with E-state index in [4.69, 9.17) is 10.8 Å². The molecule has 1 rings (SSSR count). The highest BCUT2D eigenvalue weighted by Crippen LogP contribution is 2.29. The molecular formula is C14H28N2O2. The number of amides is 1. The Morgan fingerprint density at radius 2 is 1.89 bits per heavy atom. The molecule has 0 bridgehead atoms. The molecule has 0 aromatic heterocycles. The summed E-state index contributed by atoms with van der Waals surface area (Å²) in [5.74, 6) is 0.0468. The van der Waals surface area contributed by atoms with E-state index in [1.807, 2.05) is 0 Å². The van der Waals surface area contributed by atoms with Crippen LogP contribution in [0.15, 0.2) is 0 Å². The highest BCUT2D eigenvalue weighted by Gasteiger charge is 2.39. The molecule has 0 atom stereocenters. The van der Waals surface area contributed by atoms with Gasteiger partial charge in [-0.15, -0.1) is 0 Å². The van der Waals surface area contributed by atoms with Crippen LogP contribution in [0.3, 0.4) is 0 Å². The zero-order valence-corrected chi connectivity index (χ0v) is 11.7. The largest absolute Gasteiger partial charge is 0.395 e. The van der Waals surface area contributed by atoms with Gasteiger partial charge in [0.1, 0.15) is 0 Å². The number of unbranched alkanes of at least 4 members (excludes halogenated alkanes) is 3. The Morgan fingerprint density at radius 3 is 2.44 bits per heavy atom. The Hall–Kier alpha value is -0.610. The van der Waals surface area contributed by atoms with Gasteiger partial charge in [-0.3, -0.25) is 4.79 Å². The van der Waals surface area contributed by atoms with Crippen molar-refractivity contribution in [2.45, 2.75) is 63.8 Å². The first kappa shape index (κ1) is 15.4. The van der Waals surface area contributed by atoms with Gasteiger partial charge < -0.3 is 15.7 Å². The number of nitrogens with two attached hydrogens (primary N) is 1. The van der Waals surface area contributed by atoms with Crippen LogP contribution < -0.4 is 5.73 Å². The maximum absolute atomic E-state index is 12.4. The lowest BCUT2D eigenvalue weighted by molar-refractivity contribution is -0.137. The highest BCUT2D eigenvalue weighted by molar-refractivity contribution is 5.86. The Balaban J connectivity index is 2.46. The number of carbonyl (C=O) groups is 1. The molecule has 18 heavy (non-hydrogen) atoms. The summed E-state index contributed by atoms with van der Waals surface area (Å²) in [7, 11) is 0. The molecule has 0 saturated heterocycles. The summed E-state index contributed by atoms with van der Waals surface area (Å²) < 4.78 is 0. The number of aliphatic hydroxyl groups excluding tert-OH is 1. The lowest BCUT2D eigenvalue weighted by Crippen LogP contribution is -2.54. The quantitative estimate of drug-likeness (QED) is 0.649. The fourth-order valence-corrected chi connectivity index (χ4v) is 2.70. The van der Waals surface area contributed by atoms with Crippen molar-refractivity contribution in [3.8, 4) is 0 Å². The van der Waals surface area contributed by atoms with Crippen LogP contribution in [0, 0.1) is 0 Å². The summed E-state index contributed by atoms with van der Waals surface area (Å²) in [4.78, 5) is 14.2. The summed E-state index contributed by atoms with van der Waals surface area (Å²) in [6, 6.07) is 0. The van der Waals surface area contributed by atoms with E-state index in [0.717, 1.165) is 45.1 Å². The van der Waals surface area contributed by atoms with E-state index < -0.39 is 5.54 Å². The summed E-state index contributed by atoms with van der Waals surface area (Å²) in [6.45, 7) is 3.35. The molecule has 0 unspecified atom stereocenters. The minimum Gasteiger partial charge on any atom is -0.395 e. The van der Waals surface area contributed by atoms with Gasteiger partial charge in [0.15, 0.2) is 0 Å². The standard InChI is InChI=1S/C14H28N2O2/c1-2-3-4-7-10-16(11-12-17)13(18)14(15)8-5-6-9-14/h17H,2-12,15H2,1H3. The van der Waals surface area contributed by atoms with Crippen molar-refractivity contribution in [2.24, 2.45) is 5.73 Å². The molecule has 1 fully saturated rings. The molecule has 0 aromatic carbocycles. The van der Waals surface area contributed by atoms with Crippen molar-refractivity contribution >= 4 is 5.91 Å². The smallest absolute Gasteiger partial charge is 0.242 e. The Morgan fingerprint density at radius 1 is 1.22 bits per heavy atom. The third-order valence-corrected chi connectivity index (χ3v) is 3.86. The van der Waals surface area contributed by atoms with Crippen molar-refractivity contribution in [3.63, 3.8) is 0 Å². The zero-order chi connectivity index (χ0) is 13.4. The first-order valence-corrected chi connectivity index (χ1v) is 7.33. The maximum atomic E-state index is 12.4. The van der Waals surface area contributed by atoms with Gasteiger partial charge >= 0.3 is 0 Å². The van der Waals surface area contributed by atoms with Crippen molar-refractivity contribution in [1.82, 2.24) is 4.90 Å². The lowest BCUT2D eigenvalue weighted by atomic mass is 9.97. The van der Waals surface area contributed by atoms with Crippen molar-refractivity contribution < 1.29 is 9.90 Å². The lowest BCUT2D eigenvalue weighted by Gasteiger charge is -2.31. The molecule has 106 valence electrons. The molecule has 0 aliphatic heterocycles. The molecule has 1 aliphatic rings. The third-order valence-electron chi connectivity index (χ3n) is 3.86. The first-order chi connectivity index (χ1) is 8.64. The molecule has 4 nitrogen and oxygen atoms in total. The van der Waals surface area contributed by atoms with Crippen LogP contribution in [0.25, 0.3) is 0 Å². The van der Waals surface area contributed by atoms with Gasteiger partial charge in [-0.1, -0.05) is 39.0 Å². The van der Waals surface area contributed by atoms with Gasteiger partial charge in [0, 0.05) is 13.1 Å². The van der Waals surface area contributed by atoms with E-state index in [0.29, 0.717) is 6.54 Å². The second-order valence-electron chi connectivity index (χ2n) is 5.44. The Bertz CT molecular complexity index is 250. The van der Waals surface area contributed by atoms with E-state index in [1.54, 1.807) is 4.90 Å². The van der Waals surface area contributed by atoms with Crippen molar-refractivity contribution in [2.75, 3.05) is 19.7 Å². The Kier molecular flexibility index (Phi) is 6.65. The van der Waals surface area contributed by atoms with Gasteiger partial charge in [0.2, 0.25) is 5.91 Å². The predicted molar refractivity (Wildman–Crippen MR) is 73.2 cm³/mol. The van der Waals surface area contributed by atoms with E-state index in [9.17, 15) is 4.79 Å². The summed E-state index contributed by atoms with van der Waals surface area (Å²) in [6.07, 6.45) is 8.23. The zero-order valence-electron chi connectivity index (χ0n) is 11.7. The molecule has 4 heteroatoms. The van der Waals surface area contributed by atoms with Crippen LogP contribution in [0.2, 0.25) is 0 Å². The molecular weight excluding hydrogens is 228 g/mol. The first-order valence-electron chi connectivity index (χ1n) is 7.33. The fourth-order valence-electron chi connectivity index (χ4n) is 2.70. The number of nitrogens with zero attached hydrogens (tertiary/aromatic N) is 1. The predicted octanol–water partition coefficient (Wildman–Crippen LogP) is 1.66. The SMILES string of the molecule is CCCCCCN(CCO)C(=O)C1(N)CCCC1. The highest BCUT2D eigenvalue weighted by atomic mass is 16.3. The van der Waals surface area contributed by atoms with Gasteiger partial charge in [0.05, 0.1) is 12.1 Å². The average Bonchev–Trinajstić information content (AvgIpc) is 2.80. The molecule has 1 aliphatic carbocycles. The molecule has 0 spiro atoms. The van der Waals surface area contributed by atoms with Crippen LogP contribution in [0.1, 0.15) is 58.3 Å². The number of carbonyl (C=O) groups excluding carboxylic acids is 1. The second kappa shape index (κ2) is 7.74. The van der Waals surface area contributed by atoms with E-state index in [-0.39, 0.29) is 12.5 Å². The minimum atomic E-state index is -0.653. The summed E-state index contributed by atoms with van der Waals surface area (Å²) in [5.41, 5.74) is 5.54. The summed E-state index contributed by atoms with van der Waals surface area (Å²) in [5, 5.41) is 9.08. The summed E-state index contributed by atoms with van der Waals surface area (Å²) >= 11 is 0. The molecule has 0 aromatic rings. The maximum Gasteiger partial charge on any atom is 0.242 e. The van der Waals surface area contributed by atoms with Gasteiger partial charge in [-0.25, -0.2) is 0 Å². The van der Waals surface area contributed by atoms with Crippen LogP contribution in [0.4, 0.5) is 0 Å². The minimum absolute atomic E-state index is 0.0234. The monoisotopic (exact) mass is 256 g/mol. The normalized spacial score (nSPS) is 17.9. The second-order valence-corrected chi connectivity index (χ2v) is 5.44. The third kappa shape index (κ3) is 4.25. The van der Waals surface area contributed by atoms with Gasteiger partial charge in [-0.2, -0.15) is 0 Å². The van der Waals surface area contributed by atoms with E-state index >= 15 is 0 Å². The molecule has 0 heterocycles. The van der Waals surface area contributed by atoms with Crippen LogP contribution in [-0.2, 0) is 4.79 Å². The number of aliphatic hydroxyl groups is 1. The number of hydrogen-bond donors (Lipinski definition) is 2. The van der Waals surface area contributed by atoms with Crippen molar-refractivity contribution in [3.05, 3.63) is 0 Å². The van der Waals surface area contributed by atoms with Crippen LogP contribution in [0.5, 0.6) is 0 Å². The Labute approximate surface area is 111 Å². The van der Waals surface area contributed by atoms with Crippen LogP contribution in [-0.4, -0.2) is 41.1 Å². The molecule has 1 saturated carbocycles. The molecule has 1 amide bonds.